The van der Waals surface area contributed by atoms with Gasteiger partial charge in [-0.05, 0) is 32.1 Å². The highest BCUT2D eigenvalue weighted by Crippen LogP contribution is 2.24. The number of nitrogens with one attached hydrogen (secondary N) is 2. The van der Waals surface area contributed by atoms with Crippen LogP contribution in [0.1, 0.15) is 38.5 Å². The summed E-state index contributed by atoms with van der Waals surface area (Å²) >= 11 is 0. The molecule has 2 rings (SSSR count). The Morgan fingerprint density at radius 1 is 1.30 bits per heavy atom. The second-order valence-electron chi connectivity index (χ2n) is 6.52. The molecule has 2 aliphatic rings. The number of hydrogen-bond acceptors (Lipinski definition) is 5. The molecule has 0 unspecified atom stereocenters. The maximum absolute atomic E-state index is 12.2. The molecule has 1 heterocycles. The van der Waals surface area contributed by atoms with E-state index in [-0.39, 0.29) is 24.2 Å². The van der Waals surface area contributed by atoms with Crippen molar-refractivity contribution in [1.82, 2.24) is 10.2 Å². The van der Waals surface area contributed by atoms with Gasteiger partial charge in [0.2, 0.25) is 11.8 Å². The molecule has 0 bridgehead atoms. The number of amidine groups is 1. The topological polar surface area (TPSA) is 146 Å². The smallest absolute Gasteiger partial charge is 0.239 e. The Morgan fingerprint density at radius 3 is 2.74 bits per heavy atom. The van der Waals surface area contributed by atoms with Crippen molar-refractivity contribution in [2.24, 2.45) is 17.4 Å². The summed E-state index contributed by atoms with van der Waals surface area (Å²) in [5.74, 6) is -0.962. The van der Waals surface area contributed by atoms with Gasteiger partial charge < -0.3 is 26.8 Å². The summed E-state index contributed by atoms with van der Waals surface area (Å²) in [6.07, 6.45) is 3.61. The van der Waals surface area contributed by atoms with Gasteiger partial charge in [0.15, 0.2) is 0 Å². The molecule has 1 aliphatic carbocycles. The highest BCUT2D eigenvalue weighted by atomic mass is 16.3. The van der Waals surface area contributed by atoms with Crippen LogP contribution in [0, 0.1) is 11.3 Å². The largest absolute Gasteiger partial charge is 0.390 e. The maximum Gasteiger partial charge on any atom is 0.239 e. The van der Waals surface area contributed by atoms with Crippen LogP contribution in [-0.4, -0.2) is 58.9 Å². The van der Waals surface area contributed by atoms with Gasteiger partial charge in [-0.15, -0.1) is 0 Å². The first-order valence-corrected chi connectivity index (χ1v) is 8.26. The number of rotatable bonds is 4. The van der Waals surface area contributed by atoms with Crippen molar-refractivity contribution in [3.05, 3.63) is 0 Å². The van der Waals surface area contributed by atoms with Gasteiger partial charge in [-0.25, -0.2) is 0 Å². The van der Waals surface area contributed by atoms with Crippen LogP contribution in [0.5, 0.6) is 0 Å². The molecule has 0 aromatic heterocycles. The fraction of sp³-hybridized carbons (Fsp3) is 0.800. The third kappa shape index (κ3) is 4.42. The zero-order valence-corrected chi connectivity index (χ0v) is 13.3. The van der Waals surface area contributed by atoms with E-state index in [0.29, 0.717) is 25.8 Å². The number of hydrogen-bond donors (Lipinski definition) is 5. The Kier molecular flexibility index (Phi) is 5.95. The van der Waals surface area contributed by atoms with Crippen LogP contribution in [0.2, 0.25) is 0 Å². The Morgan fingerprint density at radius 2 is 2.04 bits per heavy atom. The molecule has 23 heavy (non-hydrogen) atoms. The maximum atomic E-state index is 12.2. The number of amides is 2. The fourth-order valence-corrected chi connectivity index (χ4v) is 3.39. The summed E-state index contributed by atoms with van der Waals surface area (Å²) in [6, 6.07) is -0.964. The van der Waals surface area contributed by atoms with E-state index in [9.17, 15) is 14.7 Å². The summed E-state index contributed by atoms with van der Waals surface area (Å²) in [6.45, 7) is 0.490. The van der Waals surface area contributed by atoms with Crippen molar-refractivity contribution >= 4 is 17.6 Å². The van der Waals surface area contributed by atoms with Crippen LogP contribution in [0.15, 0.2) is 0 Å². The molecule has 0 radical (unpaired) electrons. The monoisotopic (exact) mass is 325 g/mol. The Hall–Kier alpha value is -1.67. The van der Waals surface area contributed by atoms with Gasteiger partial charge in [-0.2, -0.15) is 0 Å². The summed E-state index contributed by atoms with van der Waals surface area (Å²) in [5, 5.41) is 20.5. The Bertz CT molecular complexity index is 470. The van der Waals surface area contributed by atoms with Crippen molar-refractivity contribution in [3.63, 3.8) is 0 Å². The zero-order chi connectivity index (χ0) is 17.0. The SMILES string of the molecule is N=C(N)[C@H]1CCC[C@H](NC(=O)CN2CCCC[C@H](N)C2=O)[C@@H]1O. The van der Waals surface area contributed by atoms with Gasteiger partial charge in [-0.3, -0.25) is 15.0 Å². The predicted octanol–water partition coefficient (Wildman–Crippen LogP) is -1.09. The minimum Gasteiger partial charge on any atom is -0.390 e. The number of carbonyl (C=O) groups is 2. The number of likely N-dealkylation sites (tertiary alicyclic amines) is 1. The average Bonchev–Trinajstić information content (AvgIpc) is 2.65. The van der Waals surface area contributed by atoms with Gasteiger partial charge >= 0.3 is 0 Å². The lowest BCUT2D eigenvalue weighted by atomic mass is 9.82. The van der Waals surface area contributed by atoms with Crippen LogP contribution in [0.3, 0.4) is 0 Å². The Balaban J connectivity index is 1.91. The number of carbonyl (C=O) groups excluding carboxylic acids is 2. The molecule has 7 N–H and O–H groups in total. The summed E-state index contributed by atoms with van der Waals surface area (Å²) in [5.41, 5.74) is 11.3. The molecule has 1 aliphatic heterocycles. The van der Waals surface area contributed by atoms with Crippen LogP contribution in [0.4, 0.5) is 0 Å². The van der Waals surface area contributed by atoms with E-state index < -0.39 is 24.1 Å². The minimum absolute atomic E-state index is 0.0412. The van der Waals surface area contributed by atoms with Crippen molar-refractivity contribution in [2.75, 3.05) is 13.1 Å². The first-order valence-electron chi connectivity index (χ1n) is 8.26. The number of aliphatic hydroxyl groups is 1. The van der Waals surface area contributed by atoms with E-state index in [0.717, 1.165) is 19.3 Å². The first kappa shape index (κ1) is 17.7. The molecule has 4 atom stereocenters. The molecule has 2 amide bonds. The summed E-state index contributed by atoms with van der Waals surface area (Å²) in [4.78, 5) is 25.8. The fourth-order valence-electron chi connectivity index (χ4n) is 3.39. The molecular formula is C15H27N5O3. The van der Waals surface area contributed by atoms with Crippen LogP contribution in [-0.2, 0) is 9.59 Å². The Labute approximate surface area is 136 Å². The number of aliphatic hydroxyl groups excluding tert-OH is 1. The third-order valence-electron chi connectivity index (χ3n) is 4.76. The molecule has 8 nitrogen and oxygen atoms in total. The number of nitrogens with zero attached hydrogens (tertiary/aromatic N) is 1. The molecule has 0 spiro atoms. The lowest BCUT2D eigenvalue weighted by Crippen LogP contribution is -2.54. The molecule has 1 saturated carbocycles. The first-order chi connectivity index (χ1) is 10.9. The predicted molar refractivity (Wildman–Crippen MR) is 85.6 cm³/mol. The second kappa shape index (κ2) is 7.74. The lowest BCUT2D eigenvalue weighted by Gasteiger charge is -2.35. The van der Waals surface area contributed by atoms with E-state index in [4.69, 9.17) is 16.9 Å². The van der Waals surface area contributed by atoms with Crippen LogP contribution < -0.4 is 16.8 Å². The number of nitrogens with two attached hydrogens (primary N) is 2. The van der Waals surface area contributed by atoms with Crippen molar-refractivity contribution in [2.45, 2.75) is 56.7 Å². The van der Waals surface area contributed by atoms with E-state index in [1.54, 1.807) is 0 Å². The van der Waals surface area contributed by atoms with Crippen LogP contribution >= 0.6 is 0 Å². The molecular weight excluding hydrogens is 298 g/mol. The van der Waals surface area contributed by atoms with Crippen molar-refractivity contribution in [1.29, 1.82) is 5.41 Å². The molecule has 0 aromatic carbocycles. The van der Waals surface area contributed by atoms with E-state index in [2.05, 4.69) is 5.32 Å². The highest BCUT2D eigenvalue weighted by molar-refractivity contribution is 5.87. The molecule has 8 heteroatoms. The van der Waals surface area contributed by atoms with Gasteiger partial charge in [0.05, 0.1) is 30.6 Å². The molecule has 1 saturated heterocycles. The lowest BCUT2D eigenvalue weighted by molar-refractivity contribution is -0.137. The molecule has 130 valence electrons. The average molecular weight is 325 g/mol. The molecule has 2 fully saturated rings. The van der Waals surface area contributed by atoms with Gasteiger partial charge in [0.1, 0.15) is 0 Å². The minimum atomic E-state index is -0.854. The van der Waals surface area contributed by atoms with Gasteiger partial charge in [-0.1, -0.05) is 6.42 Å². The van der Waals surface area contributed by atoms with E-state index in [1.165, 1.54) is 4.90 Å². The summed E-state index contributed by atoms with van der Waals surface area (Å²) < 4.78 is 0. The summed E-state index contributed by atoms with van der Waals surface area (Å²) in [7, 11) is 0. The van der Waals surface area contributed by atoms with Crippen LogP contribution in [0.25, 0.3) is 0 Å². The standard InChI is InChI=1S/C15H27N5O3/c16-10-5-1-2-7-20(15(10)23)8-12(21)19-11-6-3-4-9(13(11)22)14(17)18/h9-11,13,22H,1-8,16H2,(H3,17,18)(H,19,21)/t9-,10-,11-,13+/m0/s1. The van der Waals surface area contributed by atoms with Crippen molar-refractivity contribution in [3.8, 4) is 0 Å². The quantitative estimate of drug-likeness (QED) is 0.329. The van der Waals surface area contributed by atoms with Gasteiger partial charge in [0.25, 0.3) is 0 Å². The third-order valence-corrected chi connectivity index (χ3v) is 4.76. The normalized spacial score (nSPS) is 32.3. The van der Waals surface area contributed by atoms with Gasteiger partial charge in [0, 0.05) is 12.5 Å². The highest BCUT2D eigenvalue weighted by Gasteiger charge is 2.35. The zero-order valence-electron chi connectivity index (χ0n) is 13.3. The van der Waals surface area contributed by atoms with E-state index in [1.807, 2.05) is 0 Å². The molecule has 0 aromatic rings. The van der Waals surface area contributed by atoms with E-state index >= 15 is 0 Å². The van der Waals surface area contributed by atoms with Crippen molar-refractivity contribution < 1.29 is 14.7 Å². The second-order valence-corrected chi connectivity index (χ2v) is 6.52.